The van der Waals surface area contributed by atoms with Crippen molar-refractivity contribution in [1.29, 1.82) is 0 Å². The molecule has 0 spiro atoms. The Morgan fingerprint density at radius 1 is 1.04 bits per heavy atom. The van der Waals surface area contributed by atoms with Gasteiger partial charge in [0.25, 0.3) is 0 Å². The minimum Gasteiger partial charge on any atom is -0.492 e. The van der Waals surface area contributed by atoms with E-state index in [1.165, 1.54) is 11.8 Å². The molecule has 2 amide bonds. The summed E-state index contributed by atoms with van der Waals surface area (Å²) in [6, 6.07) is 15.0. The van der Waals surface area contributed by atoms with Crippen LogP contribution in [-0.4, -0.2) is 23.7 Å². The lowest BCUT2D eigenvalue weighted by Crippen LogP contribution is -2.22. The third-order valence-electron chi connectivity index (χ3n) is 4.02. The first-order chi connectivity index (χ1) is 13.5. The van der Waals surface area contributed by atoms with Crippen LogP contribution < -0.4 is 15.4 Å². The fourth-order valence-electron chi connectivity index (χ4n) is 2.52. The Hall–Kier alpha value is -2.47. The van der Waals surface area contributed by atoms with E-state index in [0.29, 0.717) is 24.5 Å². The van der Waals surface area contributed by atoms with Crippen LogP contribution in [0.2, 0.25) is 0 Å². The standard InChI is InChI=1S/C22H28N2O3S/c1-4-6-11-21(25)23-17-12-14-18(15-13-17)28-16(3)22(26)24-19-9-7-8-10-20(19)27-5-2/h7-10,12-16H,4-6,11H2,1-3H3,(H,23,25)(H,24,26). The highest BCUT2D eigenvalue weighted by Gasteiger charge is 2.16. The fourth-order valence-corrected chi connectivity index (χ4v) is 3.39. The molecule has 0 fully saturated rings. The molecule has 0 aliphatic heterocycles. The summed E-state index contributed by atoms with van der Waals surface area (Å²) in [5.41, 5.74) is 1.44. The van der Waals surface area contributed by atoms with E-state index in [1.54, 1.807) is 0 Å². The number of anilines is 2. The molecule has 6 heteroatoms. The first-order valence-corrected chi connectivity index (χ1v) is 10.5. The number of carbonyl (C=O) groups is 2. The summed E-state index contributed by atoms with van der Waals surface area (Å²) in [6.45, 7) is 6.38. The lowest BCUT2D eigenvalue weighted by Gasteiger charge is -2.15. The van der Waals surface area contributed by atoms with Gasteiger partial charge in [-0.3, -0.25) is 9.59 Å². The predicted molar refractivity (Wildman–Crippen MR) is 116 cm³/mol. The van der Waals surface area contributed by atoms with E-state index >= 15 is 0 Å². The van der Waals surface area contributed by atoms with Gasteiger partial charge in [-0.25, -0.2) is 0 Å². The van der Waals surface area contributed by atoms with E-state index in [9.17, 15) is 9.59 Å². The Labute approximate surface area is 171 Å². The van der Waals surface area contributed by atoms with Crippen LogP contribution >= 0.6 is 11.8 Å². The molecule has 0 aliphatic carbocycles. The fraction of sp³-hybridized carbons (Fsp3) is 0.364. The lowest BCUT2D eigenvalue weighted by atomic mass is 10.2. The topological polar surface area (TPSA) is 67.4 Å². The number of amides is 2. The molecule has 0 saturated carbocycles. The van der Waals surface area contributed by atoms with Gasteiger partial charge in [0, 0.05) is 17.0 Å². The quantitative estimate of drug-likeness (QED) is 0.529. The molecule has 0 radical (unpaired) electrons. The van der Waals surface area contributed by atoms with Crippen molar-refractivity contribution in [3.05, 3.63) is 48.5 Å². The van der Waals surface area contributed by atoms with Crippen LogP contribution in [0.15, 0.2) is 53.4 Å². The van der Waals surface area contributed by atoms with Crippen LogP contribution in [0.1, 0.15) is 40.0 Å². The Morgan fingerprint density at radius 3 is 2.43 bits per heavy atom. The maximum atomic E-state index is 12.5. The molecule has 150 valence electrons. The van der Waals surface area contributed by atoms with E-state index < -0.39 is 0 Å². The highest BCUT2D eigenvalue weighted by Crippen LogP contribution is 2.28. The summed E-state index contributed by atoms with van der Waals surface area (Å²) >= 11 is 1.47. The van der Waals surface area contributed by atoms with Crippen molar-refractivity contribution in [3.8, 4) is 5.75 Å². The largest absolute Gasteiger partial charge is 0.492 e. The zero-order chi connectivity index (χ0) is 20.4. The first kappa shape index (κ1) is 21.8. The van der Waals surface area contributed by atoms with Gasteiger partial charge in [-0.2, -0.15) is 0 Å². The molecule has 2 rings (SSSR count). The summed E-state index contributed by atoms with van der Waals surface area (Å²) in [5, 5.41) is 5.54. The van der Waals surface area contributed by atoms with Gasteiger partial charge in [0.1, 0.15) is 5.75 Å². The molecule has 1 atom stereocenters. The number of nitrogens with one attached hydrogen (secondary N) is 2. The normalized spacial score (nSPS) is 11.5. The van der Waals surface area contributed by atoms with Crippen LogP contribution in [0.5, 0.6) is 5.75 Å². The Bertz CT molecular complexity index is 778. The van der Waals surface area contributed by atoms with E-state index in [1.807, 2.05) is 62.4 Å². The minimum absolute atomic E-state index is 0.0305. The van der Waals surface area contributed by atoms with Crippen molar-refractivity contribution in [2.45, 2.75) is 50.2 Å². The second-order valence-corrected chi connectivity index (χ2v) is 7.77. The highest BCUT2D eigenvalue weighted by atomic mass is 32.2. The number of rotatable bonds is 10. The van der Waals surface area contributed by atoms with Gasteiger partial charge >= 0.3 is 0 Å². The van der Waals surface area contributed by atoms with Gasteiger partial charge in [-0.1, -0.05) is 25.5 Å². The molecule has 0 aromatic heterocycles. The van der Waals surface area contributed by atoms with Crippen LogP contribution in [-0.2, 0) is 9.59 Å². The zero-order valence-electron chi connectivity index (χ0n) is 16.7. The second kappa shape index (κ2) is 11.4. The molecule has 0 bridgehead atoms. The third kappa shape index (κ3) is 6.93. The third-order valence-corrected chi connectivity index (χ3v) is 5.13. The minimum atomic E-state index is -0.278. The van der Waals surface area contributed by atoms with Crippen molar-refractivity contribution in [2.24, 2.45) is 0 Å². The molecular weight excluding hydrogens is 372 g/mol. The molecule has 28 heavy (non-hydrogen) atoms. The molecule has 2 aromatic carbocycles. The summed E-state index contributed by atoms with van der Waals surface area (Å²) < 4.78 is 5.55. The van der Waals surface area contributed by atoms with Crippen LogP contribution in [0.4, 0.5) is 11.4 Å². The van der Waals surface area contributed by atoms with E-state index in [2.05, 4.69) is 17.6 Å². The van der Waals surface area contributed by atoms with Gasteiger partial charge in [0.15, 0.2) is 0 Å². The molecule has 0 saturated heterocycles. The number of hydrogen-bond donors (Lipinski definition) is 2. The van der Waals surface area contributed by atoms with E-state index in [-0.39, 0.29) is 17.1 Å². The highest BCUT2D eigenvalue weighted by molar-refractivity contribution is 8.00. The molecule has 0 aliphatic rings. The number of unbranched alkanes of at least 4 members (excludes halogenated alkanes) is 1. The first-order valence-electron chi connectivity index (χ1n) is 9.62. The monoisotopic (exact) mass is 400 g/mol. The number of ether oxygens (including phenoxy) is 1. The molecule has 2 N–H and O–H groups in total. The van der Waals surface area contributed by atoms with E-state index in [0.717, 1.165) is 23.4 Å². The van der Waals surface area contributed by atoms with Crippen molar-refractivity contribution < 1.29 is 14.3 Å². The Morgan fingerprint density at radius 2 is 1.75 bits per heavy atom. The summed E-state index contributed by atoms with van der Waals surface area (Å²) in [7, 11) is 0. The molecule has 1 unspecified atom stereocenters. The smallest absolute Gasteiger partial charge is 0.237 e. The predicted octanol–water partition coefficient (Wildman–Crippen LogP) is 5.33. The van der Waals surface area contributed by atoms with Gasteiger partial charge in [-0.15, -0.1) is 11.8 Å². The molecule has 2 aromatic rings. The van der Waals surface area contributed by atoms with Gasteiger partial charge < -0.3 is 15.4 Å². The SMILES string of the molecule is CCCCC(=O)Nc1ccc(SC(C)C(=O)Nc2ccccc2OCC)cc1. The lowest BCUT2D eigenvalue weighted by molar-refractivity contribution is -0.116. The average Bonchev–Trinajstić information content (AvgIpc) is 2.69. The number of benzene rings is 2. The van der Waals surface area contributed by atoms with Crippen LogP contribution in [0.25, 0.3) is 0 Å². The Balaban J connectivity index is 1.90. The van der Waals surface area contributed by atoms with Gasteiger partial charge in [-0.05, 0) is 56.7 Å². The number of para-hydroxylation sites is 2. The number of hydrogen-bond acceptors (Lipinski definition) is 4. The second-order valence-electron chi connectivity index (χ2n) is 6.35. The summed E-state index contributed by atoms with van der Waals surface area (Å²) in [4.78, 5) is 25.3. The van der Waals surface area contributed by atoms with Gasteiger partial charge in [0.2, 0.25) is 11.8 Å². The number of thioether (sulfide) groups is 1. The van der Waals surface area contributed by atoms with Crippen molar-refractivity contribution >= 4 is 35.0 Å². The van der Waals surface area contributed by atoms with Crippen LogP contribution in [0.3, 0.4) is 0 Å². The van der Waals surface area contributed by atoms with Crippen molar-refractivity contribution in [2.75, 3.05) is 17.2 Å². The van der Waals surface area contributed by atoms with Gasteiger partial charge in [0.05, 0.1) is 17.5 Å². The number of carbonyl (C=O) groups excluding carboxylic acids is 2. The summed E-state index contributed by atoms with van der Waals surface area (Å²) in [5.74, 6) is 0.607. The molecule has 0 heterocycles. The maximum absolute atomic E-state index is 12.5. The van der Waals surface area contributed by atoms with Crippen molar-refractivity contribution in [3.63, 3.8) is 0 Å². The zero-order valence-corrected chi connectivity index (χ0v) is 17.5. The van der Waals surface area contributed by atoms with Crippen LogP contribution in [0, 0.1) is 0 Å². The Kier molecular flexibility index (Phi) is 8.88. The van der Waals surface area contributed by atoms with E-state index in [4.69, 9.17) is 4.74 Å². The molecule has 5 nitrogen and oxygen atoms in total. The maximum Gasteiger partial charge on any atom is 0.237 e. The molecular formula is C22H28N2O3S. The summed E-state index contributed by atoms with van der Waals surface area (Å²) in [6.07, 6.45) is 2.42. The average molecular weight is 401 g/mol. The van der Waals surface area contributed by atoms with Crippen molar-refractivity contribution in [1.82, 2.24) is 0 Å².